The van der Waals surface area contributed by atoms with Crippen LogP contribution in [-0.2, 0) is 11.3 Å². The highest BCUT2D eigenvalue weighted by Gasteiger charge is 2.35. The van der Waals surface area contributed by atoms with E-state index in [4.69, 9.17) is 16.3 Å². The van der Waals surface area contributed by atoms with E-state index in [9.17, 15) is 10.2 Å². The van der Waals surface area contributed by atoms with Crippen molar-refractivity contribution in [3.63, 3.8) is 0 Å². The molecule has 0 bridgehead atoms. The monoisotopic (exact) mass is 374 g/mol. The molecule has 4 rings (SSSR count). The third-order valence-corrected chi connectivity index (χ3v) is 4.71. The highest BCUT2D eigenvalue weighted by atomic mass is 35.5. The molecule has 1 unspecified atom stereocenters. The van der Waals surface area contributed by atoms with Gasteiger partial charge >= 0.3 is 0 Å². The van der Waals surface area contributed by atoms with E-state index in [1.54, 1.807) is 17.0 Å². The number of aliphatic hydroxyl groups is 2. The van der Waals surface area contributed by atoms with Crippen LogP contribution in [0.5, 0.6) is 0 Å². The predicted molar refractivity (Wildman–Crippen MR) is 97.9 cm³/mol. The SMILES string of the molecule is OCC1O[C@@H](n2cnc3c(NCc4ccccc4)cc(Cl)nc32)C[C@@H]1O. The zero-order valence-electron chi connectivity index (χ0n) is 13.9. The first-order valence-corrected chi connectivity index (χ1v) is 8.79. The van der Waals surface area contributed by atoms with Gasteiger partial charge in [0, 0.05) is 19.0 Å². The van der Waals surface area contributed by atoms with Gasteiger partial charge < -0.3 is 20.3 Å². The molecule has 3 aromatic rings. The molecular formula is C18H19ClN4O3. The van der Waals surface area contributed by atoms with E-state index in [0.29, 0.717) is 29.3 Å². The van der Waals surface area contributed by atoms with Crippen LogP contribution in [0, 0.1) is 0 Å². The molecule has 0 aliphatic carbocycles. The molecule has 3 atom stereocenters. The second-order valence-corrected chi connectivity index (χ2v) is 6.66. The Bertz CT molecular complexity index is 902. The maximum absolute atomic E-state index is 9.97. The van der Waals surface area contributed by atoms with E-state index in [1.165, 1.54) is 0 Å². The summed E-state index contributed by atoms with van der Waals surface area (Å²) in [6, 6.07) is 11.8. The van der Waals surface area contributed by atoms with Crippen LogP contribution in [0.3, 0.4) is 0 Å². The number of imidazole rings is 1. The van der Waals surface area contributed by atoms with Crippen molar-refractivity contribution < 1.29 is 14.9 Å². The molecule has 1 aromatic carbocycles. The number of rotatable bonds is 5. The Balaban J connectivity index is 1.63. The van der Waals surface area contributed by atoms with Crippen molar-refractivity contribution in [3.8, 4) is 0 Å². The van der Waals surface area contributed by atoms with E-state index in [0.717, 1.165) is 11.3 Å². The number of nitrogens with one attached hydrogen (secondary N) is 1. The second-order valence-electron chi connectivity index (χ2n) is 6.27. The van der Waals surface area contributed by atoms with Crippen LogP contribution in [0.1, 0.15) is 18.2 Å². The molecule has 1 aliphatic rings. The molecular weight excluding hydrogens is 356 g/mol. The number of halogens is 1. The minimum Gasteiger partial charge on any atom is -0.394 e. The Morgan fingerprint density at radius 2 is 2.12 bits per heavy atom. The first-order valence-electron chi connectivity index (χ1n) is 8.41. The van der Waals surface area contributed by atoms with Gasteiger partial charge in [-0.3, -0.25) is 4.57 Å². The summed E-state index contributed by atoms with van der Waals surface area (Å²) in [5.41, 5.74) is 3.17. The molecule has 26 heavy (non-hydrogen) atoms. The van der Waals surface area contributed by atoms with E-state index in [-0.39, 0.29) is 6.61 Å². The molecule has 0 saturated carbocycles. The molecule has 3 N–H and O–H groups in total. The number of hydrogen-bond acceptors (Lipinski definition) is 6. The molecule has 1 fully saturated rings. The summed E-state index contributed by atoms with van der Waals surface area (Å²) >= 11 is 6.20. The lowest BCUT2D eigenvalue weighted by atomic mass is 10.2. The molecule has 8 heteroatoms. The Morgan fingerprint density at radius 1 is 1.31 bits per heavy atom. The zero-order chi connectivity index (χ0) is 18.1. The summed E-state index contributed by atoms with van der Waals surface area (Å²) in [6.07, 6.45) is 0.209. The number of benzene rings is 1. The van der Waals surface area contributed by atoms with Crippen molar-refractivity contribution >= 4 is 28.5 Å². The first kappa shape index (κ1) is 17.2. The largest absolute Gasteiger partial charge is 0.394 e. The van der Waals surface area contributed by atoms with Gasteiger partial charge in [0.25, 0.3) is 0 Å². The molecule has 2 aromatic heterocycles. The average molecular weight is 375 g/mol. The minimum atomic E-state index is -0.725. The number of hydrogen-bond donors (Lipinski definition) is 3. The molecule has 0 amide bonds. The molecule has 136 valence electrons. The molecule has 0 radical (unpaired) electrons. The normalized spacial score (nSPS) is 22.8. The van der Waals surface area contributed by atoms with Crippen molar-refractivity contribution in [2.24, 2.45) is 0 Å². The van der Waals surface area contributed by atoms with Gasteiger partial charge in [0.2, 0.25) is 0 Å². The maximum Gasteiger partial charge on any atom is 0.165 e. The van der Waals surface area contributed by atoms with E-state index < -0.39 is 18.4 Å². The third-order valence-electron chi connectivity index (χ3n) is 4.52. The van der Waals surface area contributed by atoms with Crippen LogP contribution in [0.4, 0.5) is 5.69 Å². The summed E-state index contributed by atoms with van der Waals surface area (Å²) in [6.45, 7) is 0.400. The van der Waals surface area contributed by atoms with Gasteiger partial charge in [0.15, 0.2) is 5.65 Å². The molecule has 1 saturated heterocycles. The maximum atomic E-state index is 9.97. The van der Waals surface area contributed by atoms with E-state index >= 15 is 0 Å². The standard InChI is InChI=1S/C18H19ClN4O3/c19-15-6-12(20-8-11-4-2-1-3-5-11)17-18(22-15)23(10-21-17)16-7-13(25)14(9-24)26-16/h1-6,10,13-14,16,24-25H,7-9H2,(H,20,22)/t13-,14?,16+/m0/s1. The summed E-state index contributed by atoms with van der Waals surface area (Å²) in [5, 5.41) is 22.9. The van der Waals surface area contributed by atoms with Crippen molar-refractivity contribution in [3.05, 3.63) is 53.4 Å². The Labute approximate surface area is 155 Å². The van der Waals surface area contributed by atoms with Crippen LogP contribution in [0.25, 0.3) is 11.2 Å². The van der Waals surface area contributed by atoms with E-state index in [1.807, 2.05) is 30.3 Å². The van der Waals surface area contributed by atoms with Crippen molar-refractivity contribution in [1.82, 2.24) is 14.5 Å². The van der Waals surface area contributed by atoms with Gasteiger partial charge in [-0.15, -0.1) is 0 Å². The van der Waals surface area contributed by atoms with Crippen LogP contribution < -0.4 is 5.32 Å². The molecule has 7 nitrogen and oxygen atoms in total. The summed E-state index contributed by atoms with van der Waals surface area (Å²) in [7, 11) is 0. The first-order chi connectivity index (χ1) is 12.7. The Kier molecular flexibility index (Phi) is 4.78. The number of fused-ring (bicyclic) bond motifs is 1. The van der Waals surface area contributed by atoms with Gasteiger partial charge in [-0.1, -0.05) is 41.9 Å². The number of ether oxygens (including phenoxy) is 1. The molecule has 3 heterocycles. The topological polar surface area (TPSA) is 92.4 Å². The lowest BCUT2D eigenvalue weighted by molar-refractivity contribution is -0.0432. The number of nitrogens with zero attached hydrogens (tertiary/aromatic N) is 3. The van der Waals surface area contributed by atoms with Gasteiger partial charge in [0.05, 0.1) is 24.7 Å². The number of aliphatic hydroxyl groups excluding tert-OH is 2. The Hall–Kier alpha value is -2.19. The quantitative estimate of drug-likeness (QED) is 0.594. The van der Waals surface area contributed by atoms with Crippen molar-refractivity contribution in [2.75, 3.05) is 11.9 Å². The smallest absolute Gasteiger partial charge is 0.165 e. The summed E-state index contributed by atoms with van der Waals surface area (Å²) < 4.78 is 7.45. The lowest BCUT2D eigenvalue weighted by Gasteiger charge is -2.14. The van der Waals surface area contributed by atoms with Crippen LogP contribution in [0.2, 0.25) is 5.15 Å². The summed E-state index contributed by atoms with van der Waals surface area (Å²) in [4.78, 5) is 8.82. The fourth-order valence-corrected chi connectivity index (χ4v) is 3.35. The van der Waals surface area contributed by atoms with E-state index in [2.05, 4.69) is 15.3 Å². The van der Waals surface area contributed by atoms with Gasteiger partial charge in [0.1, 0.15) is 23.0 Å². The van der Waals surface area contributed by atoms with Gasteiger partial charge in [-0.25, -0.2) is 9.97 Å². The van der Waals surface area contributed by atoms with Crippen LogP contribution in [-0.4, -0.2) is 43.6 Å². The van der Waals surface area contributed by atoms with Crippen molar-refractivity contribution in [2.45, 2.75) is 31.4 Å². The van der Waals surface area contributed by atoms with Crippen LogP contribution in [0.15, 0.2) is 42.7 Å². The van der Waals surface area contributed by atoms with Crippen molar-refractivity contribution in [1.29, 1.82) is 0 Å². The highest BCUT2D eigenvalue weighted by Crippen LogP contribution is 2.33. The summed E-state index contributed by atoms with van der Waals surface area (Å²) in [5.74, 6) is 0. The number of pyridine rings is 1. The molecule has 0 spiro atoms. The second kappa shape index (κ2) is 7.20. The third kappa shape index (κ3) is 3.26. The highest BCUT2D eigenvalue weighted by molar-refractivity contribution is 6.30. The molecule has 1 aliphatic heterocycles. The van der Waals surface area contributed by atoms with Gasteiger partial charge in [-0.2, -0.15) is 0 Å². The lowest BCUT2D eigenvalue weighted by Crippen LogP contribution is -2.24. The fourth-order valence-electron chi connectivity index (χ4n) is 3.17. The number of aromatic nitrogens is 3. The Morgan fingerprint density at radius 3 is 2.85 bits per heavy atom. The zero-order valence-corrected chi connectivity index (χ0v) is 14.7. The fraction of sp³-hybridized carbons (Fsp3) is 0.333. The van der Waals surface area contributed by atoms with Crippen LogP contribution >= 0.6 is 11.6 Å². The minimum absolute atomic E-state index is 0.234. The number of anilines is 1. The van der Waals surface area contributed by atoms with Gasteiger partial charge in [-0.05, 0) is 5.56 Å². The predicted octanol–water partition coefficient (Wildman–Crippen LogP) is 2.34. The average Bonchev–Trinajstić information content (AvgIpc) is 3.23.